The predicted molar refractivity (Wildman–Crippen MR) is 19.9 cm³/mol. The average Bonchev–Trinajstić information content (AvgIpc) is 1.69. The molecule has 0 aromatic heterocycles. The van der Waals surface area contributed by atoms with Crippen LogP contribution in [0.5, 0.6) is 0 Å². The van der Waals surface area contributed by atoms with E-state index in [-0.39, 0.29) is 0 Å². The van der Waals surface area contributed by atoms with Gasteiger partial charge in [0.05, 0.1) is 0 Å². The maximum absolute atomic E-state index is 9.35. The van der Waals surface area contributed by atoms with E-state index in [1.165, 1.54) is 0 Å². The van der Waals surface area contributed by atoms with Crippen molar-refractivity contribution >= 4 is 17.8 Å². The first-order valence-electron chi connectivity index (χ1n) is 1.34. The first-order chi connectivity index (χ1) is 3.68. The van der Waals surface area contributed by atoms with Crippen molar-refractivity contribution in [1.82, 2.24) is 4.84 Å². The third kappa shape index (κ3) is 39.7. The van der Waals surface area contributed by atoms with Crippen LogP contribution in [-0.4, -0.2) is 6.03 Å². The summed E-state index contributed by atoms with van der Waals surface area (Å²) in [5.41, 5.74) is 4.41. The topological polar surface area (TPSA) is 89.3 Å². The van der Waals surface area contributed by atoms with Gasteiger partial charge in [0.15, 0.2) is 0 Å². The van der Waals surface area contributed by atoms with Crippen molar-refractivity contribution in [3.8, 4) is 0 Å². The minimum atomic E-state index is -2.00. The fourth-order valence-electron chi connectivity index (χ4n) is 0. The van der Waals surface area contributed by atoms with Crippen molar-refractivity contribution in [2.24, 2.45) is 5.73 Å². The molecule has 0 saturated carbocycles. The summed E-state index contributed by atoms with van der Waals surface area (Å²) in [6, 6.07) is -0.730. The third-order valence-electron chi connectivity index (χ3n) is 0.0931. The zero-order chi connectivity index (χ0) is 6.99. The van der Waals surface area contributed by atoms with E-state index >= 15 is 0 Å². The van der Waals surface area contributed by atoms with Gasteiger partial charge in [-0.1, -0.05) is 0 Å². The summed E-state index contributed by atoms with van der Waals surface area (Å²) in [6.07, 6.45) is 0. The second-order valence-electron chi connectivity index (χ2n) is 0.542. The molecule has 0 bridgehead atoms. The van der Waals surface area contributed by atoms with Gasteiger partial charge in [0.25, 0.3) is 0 Å². The molecule has 7 heteroatoms. The van der Waals surface area contributed by atoms with Crippen LogP contribution in [0.1, 0.15) is 0 Å². The molecule has 0 heterocycles. The average molecular weight is 174 g/mol. The van der Waals surface area contributed by atoms with E-state index in [1.54, 1.807) is 4.84 Å². The molecular weight excluding hydrogens is 171 g/mol. The summed E-state index contributed by atoms with van der Waals surface area (Å²) in [4.78, 5) is 11.0. The van der Waals surface area contributed by atoms with Crippen molar-refractivity contribution in [3.05, 3.63) is 0 Å². The van der Waals surface area contributed by atoms with E-state index in [2.05, 4.69) is 17.5 Å². The summed E-state index contributed by atoms with van der Waals surface area (Å²) in [6.45, 7) is 0. The van der Waals surface area contributed by atoms with E-state index in [0.717, 1.165) is 0 Å². The van der Waals surface area contributed by atoms with Crippen LogP contribution in [-0.2, 0) is 25.7 Å². The number of carbonyl (C=O) groups is 1. The molecule has 0 aliphatic heterocycles. The van der Waals surface area contributed by atoms with Gasteiger partial charge in [0.1, 0.15) is 0 Å². The van der Waals surface area contributed by atoms with Gasteiger partial charge in [0.2, 0.25) is 0 Å². The Bertz CT molecular complexity index is 99.5. The molecule has 8 heavy (non-hydrogen) atoms. The Labute approximate surface area is 59.2 Å². The third-order valence-corrected chi connectivity index (χ3v) is 0.279. The van der Waals surface area contributed by atoms with Crippen LogP contribution in [0.25, 0.3) is 0 Å². The van der Waals surface area contributed by atoms with Gasteiger partial charge >= 0.3 is 31.8 Å². The van der Waals surface area contributed by atoms with Gasteiger partial charge in [-0.3, -0.25) is 4.84 Å². The van der Waals surface area contributed by atoms with E-state index in [0.29, 0.717) is 0 Å². The number of halogens is 1. The SMILES string of the molecule is NC(=O)NCl.[O]=[Ti]=[O]. The van der Waals surface area contributed by atoms with Crippen molar-refractivity contribution in [2.75, 3.05) is 0 Å². The summed E-state index contributed by atoms with van der Waals surface area (Å²) < 4.78 is 17.0. The van der Waals surface area contributed by atoms with Crippen LogP contribution in [0.2, 0.25) is 0 Å². The number of primary amides is 1. The fourth-order valence-corrected chi connectivity index (χ4v) is 0. The van der Waals surface area contributed by atoms with Crippen LogP contribution < -0.4 is 10.6 Å². The van der Waals surface area contributed by atoms with Gasteiger partial charge in [-0.2, -0.15) is 0 Å². The number of amides is 2. The van der Waals surface area contributed by atoms with Gasteiger partial charge in [-0.25, -0.2) is 4.79 Å². The standard InChI is InChI=1S/CH3ClN2O.2O.Ti/c2-4-1(3)5;;;/h(H3,3,4,5);;;. The molecule has 0 atom stereocenters. The maximum atomic E-state index is 9.35. The van der Waals surface area contributed by atoms with Crippen molar-refractivity contribution in [3.63, 3.8) is 0 Å². The summed E-state index contributed by atoms with van der Waals surface area (Å²) in [5, 5.41) is 0. The number of nitrogens with one attached hydrogen (secondary N) is 1. The first kappa shape index (κ1) is 10.8. The van der Waals surface area contributed by atoms with E-state index < -0.39 is 25.1 Å². The second kappa shape index (κ2) is 9.98. The molecule has 0 radical (unpaired) electrons. The van der Waals surface area contributed by atoms with Crippen LogP contribution in [0.15, 0.2) is 0 Å². The Morgan fingerprint density at radius 1 is 1.62 bits per heavy atom. The number of rotatable bonds is 0. The molecule has 0 aliphatic carbocycles. The normalized spacial score (nSPS) is 5.12. The molecule has 0 aromatic rings. The first-order valence-corrected chi connectivity index (χ1v) is 2.99. The Kier molecular flexibility index (Phi) is 13.5. The number of hydrogen-bond acceptors (Lipinski definition) is 3. The number of hydrogen-bond donors (Lipinski definition) is 2. The van der Waals surface area contributed by atoms with Crippen molar-refractivity contribution in [2.45, 2.75) is 0 Å². The molecule has 2 amide bonds. The molecule has 46 valence electrons. The van der Waals surface area contributed by atoms with Crippen LogP contribution in [0.4, 0.5) is 4.79 Å². The van der Waals surface area contributed by atoms with Crippen LogP contribution in [0, 0.1) is 0 Å². The molecule has 3 N–H and O–H groups in total. The number of carbonyl (C=O) groups excluding carboxylic acids is 1. The predicted octanol–water partition coefficient (Wildman–Crippen LogP) is -0.432. The molecule has 5 nitrogen and oxygen atoms in total. The van der Waals surface area contributed by atoms with Gasteiger partial charge in [-0.15, -0.1) is 0 Å². The van der Waals surface area contributed by atoms with Crippen molar-refractivity contribution in [1.29, 1.82) is 0 Å². The molecule has 0 saturated heterocycles. The Morgan fingerprint density at radius 3 is 1.75 bits per heavy atom. The summed E-state index contributed by atoms with van der Waals surface area (Å²) in [5.74, 6) is 0. The molecule has 0 fully saturated rings. The summed E-state index contributed by atoms with van der Waals surface area (Å²) >= 11 is 2.61. The van der Waals surface area contributed by atoms with E-state index in [1.807, 2.05) is 0 Å². The van der Waals surface area contributed by atoms with Crippen LogP contribution >= 0.6 is 11.8 Å². The Morgan fingerprint density at radius 2 is 1.75 bits per heavy atom. The second-order valence-corrected chi connectivity index (χ2v) is 0.991. The minimum absolute atomic E-state index is 0.730. The number of urea groups is 1. The fraction of sp³-hybridized carbons (Fsp3) is 0. The number of nitrogens with two attached hydrogens (primary N) is 1. The monoisotopic (exact) mass is 174 g/mol. The van der Waals surface area contributed by atoms with E-state index in [4.69, 9.17) is 6.65 Å². The molecule has 0 rings (SSSR count). The van der Waals surface area contributed by atoms with Gasteiger partial charge in [-0.05, 0) is 0 Å². The quantitative estimate of drug-likeness (QED) is 0.386. The molecule has 0 aliphatic rings. The van der Waals surface area contributed by atoms with Gasteiger partial charge in [0, 0.05) is 11.8 Å². The van der Waals surface area contributed by atoms with E-state index in [9.17, 15) is 4.79 Å². The molecule has 0 aromatic carbocycles. The van der Waals surface area contributed by atoms with Crippen LogP contribution in [0.3, 0.4) is 0 Å². The van der Waals surface area contributed by atoms with Gasteiger partial charge < -0.3 is 5.73 Å². The molecule has 0 spiro atoms. The summed E-state index contributed by atoms with van der Waals surface area (Å²) in [7, 11) is 0. The zero-order valence-electron chi connectivity index (χ0n) is 3.68. The Balaban J connectivity index is 0. The zero-order valence-corrected chi connectivity index (χ0v) is 6.00. The molecular formula is CH3ClN2O3Ti. The van der Waals surface area contributed by atoms with Crippen molar-refractivity contribution < 1.29 is 30.5 Å². The molecule has 0 unspecified atom stereocenters. The Hall–Kier alpha value is -0.126.